The minimum atomic E-state index is -4.63. The summed E-state index contributed by atoms with van der Waals surface area (Å²) in [6, 6.07) is 19.4. The fourth-order valence-corrected chi connectivity index (χ4v) is 6.72. The maximum absolute atomic E-state index is 13.4. The molecule has 4 N–H and O–H groups in total. The molecule has 1 aliphatic carbocycles. The van der Waals surface area contributed by atoms with Gasteiger partial charge in [0, 0.05) is 43.2 Å². The highest BCUT2D eigenvalue weighted by molar-refractivity contribution is 7.89. The Balaban J connectivity index is 1.14. The number of phenols is 1. The number of hydrogen-bond acceptors (Lipinski definition) is 8. The van der Waals surface area contributed by atoms with Gasteiger partial charge >= 0.3 is 6.18 Å². The standard InChI is InChI=1S/C32H35F3N6O3S/c1-21-3-6-24(7-4-21)38-30-17-18-36-31(40-30)39-25-10-14-27(15-11-25)45(43,44)41(2)26-12-8-23(9-13-26)37-20-22-5-16-29(42)28(19-22)32(33,34)35/h3-7,10-11,14-19,23,26,37,42H,8-9,12-13,20H2,1-2H3,(H2,36,38,39,40). The molecule has 45 heavy (non-hydrogen) atoms. The number of halogens is 3. The third-order valence-corrected chi connectivity index (χ3v) is 9.86. The normalized spacial score (nSPS) is 17.3. The quantitative estimate of drug-likeness (QED) is 0.151. The van der Waals surface area contributed by atoms with Crippen molar-refractivity contribution in [3.63, 3.8) is 0 Å². The fraction of sp³-hybridized carbons (Fsp3) is 0.312. The number of nitrogens with zero attached hydrogens (tertiary/aromatic N) is 3. The summed E-state index contributed by atoms with van der Waals surface area (Å²) in [6.45, 7) is 2.23. The van der Waals surface area contributed by atoms with Gasteiger partial charge in [0.25, 0.3) is 0 Å². The third-order valence-electron chi connectivity index (χ3n) is 7.94. The van der Waals surface area contributed by atoms with Gasteiger partial charge in [-0.05, 0) is 92.8 Å². The summed E-state index contributed by atoms with van der Waals surface area (Å²) in [5, 5.41) is 19.2. The van der Waals surface area contributed by atoms with Crippen molar-refractivity contribution in [1.29, 1.82) is 0 Å². The van der Waals surface area contributed by atoms with Crippen LogP contribution in [0.5, 0.6) is 5.75 Å². The minimum absolute atomic E-state index is 0.0404. The van der Waals surface area contributed by atoms with Crippen LogP contribution in [-0.4, -0.2) is 46.9 Å². The van der Waals surface area contributed by atoms with Crippen LogP contribution in [0, 0.1) is 6.92 Å². The van der Waals surface area contributed by atoms with Crippen molar-refractivity contribution in [2.45, 2.75) is 62.3 Å². The monoisotopic (exact) mass is 640 g/mol. The maximum Gasteiger partial charge on any atom is 0.419 e. The Labute approximate surface area is 260 Å². The zero-order valence-corrected chi connectivity index (χ0v) is 25.7. The van der Waals surface area contributed by atoms with Gasteiger partial charge in [0.2, 0.25) is 16.0 Å². The van der Waals surface area contributed by atoms with Crippen molar-refractivity contribution >= 4 is 33.2 Å². The molecule has 0 aliphatic heterocycles. The fourth-order valence-electron chi connectivity index (χ4n) is 5.30. The molecule has 4 aromatic rings. The Bertz CT molecular complexity index is 1710. The SMILES string of the molecule is Cc1ccc(Nc2ccnc(Nc3ccc(S(=O)(=O)N(C)C4CCC(NCc5ccc(O)c(C(F)(F)F)c5)CC4)cc3)n2)cc1. The van der Waals surface area contributed by atoms with Gasteiger partial charge < -0.3 is 21.1 Å². The number of alkyl halides is 3. The molecule has 3 aromatic carbocycles. The Morgan fingerprint density at radius 2 is 1.56 bits per heavy atom. The van der Waals surface area contributed by atoms with E-state index >= 15 is 0 Å². The highest BCUT2D eigenvalue weighted by Crippen LogP contribution is 2.36. The number of hydrogen-bond donors (Lipinski definition) is 4. The molecule has 1 aliphatic rings. The predicted molar refractivity (Wildman–Crippen MR) is 167 cm³/mol. The lowest BCUT2D eigenvalue weighted by molar-refractivity contribution is -0.138. The molecule has 0 saturated heterocycles. The highest BCUT2D eigenvalue weighted by Gasteiger charge is 2.34. The van der Waals surface area contributed by atoms with Gasteiger partial charge in [-0.2, -0.15) is 22.5 Å². The Kier molecular flexibility index (Phi) is 9.61. The van der Waals surface area contributed by atoms with E-state index in [0.29, 0.717) is 48.7 Å². The van der Waals surface area contributed by atoms with Crippen molar-refractivity contribution in [3.8, 4) is 5.75 Å². The topological polar surface area (TPSA) is 119 Å². The van der Waals surface area contributed by atoms with Crippen LogP contribution < -0.4 is 16.0 Å². The van der Waals surface area contributed by atoms with Crippen LogP contribution in [0.1, 0.15) is 42.4 Å². The number of sulfonamides is 1. The number of phenolic OH excluding ortho intramolecular Hbond substituents is 1. The van der Waals surface area contributed by atoms with Gasteiger partial charge in [-0.1, -0.05) is 23.8 Å². The molecule has 238 valence electrons. The second kappa shape index (κ2) is 13.4. The summed E-state index contributed by atoms with van der Waals surface area (Å²) >= 11 is 0. The van der Waals surface area contributed by atoms with E-state index in [9.17, 15) is 26.7 Å². The molecule has 9 nitrogen and oxygen atoms in total. The first-order chi connectivity index (χ1) is 21.4. The number of aromatic nitrogens is 2. The van der Waals surface area contributed by atoms with Gasteiger partial charge in [-0.25, -0.2) is 13.4 Å². The van der Waals surface area contributed by atoms with E-state index in [1.54, 1.807) is 43.6 Å². The van der Waals surface area contributed by atoms with E-state index in [-0.39, 0.29) is 23.5 Å². The molecule has 1 aromatic heterocycles. The molecular weight excluding hydrogens is 605 g/mol. The molecule has 0 radical (unpaired) electrons. The van der Waals surface area contributed by atoms with Crippen molar-refractivity contribution < 1.29 is 26.7 Å². The summed E-state index contributed by atoms with van der Waals surface area (Å²) in [7, 11) is -2.18. The van der Waals surface area contributed by atoms with Gasteiger partial charge in [-0.3, -0.25) is 0 Å². The average molecular weight is 641 g/mol. The van der Waals surface area contributed by atoms with Crippen molar-refractivity contribution in [1.82, 2.24) is 19.6 Å². The summed E-state index contributed by atoms with van der Waals surface area (Å²) in [5.41, 5.74) is 2.03. The highest BCUT2D eigenvalue weighted by atomic mass is 32.2. The molecule has 1 heterocycles. The van der Waals surface area contributed by atoms with Gasteiger partial charge in [0.05, 0.1) is 10.5 Å². The summed E-state index contributed by atoms with van der Waals surface area (Å²) in [4.78, 5) is 8.90. The molecule has 0 unspecified atom stereocenters. The average Bonchev–Trinajstić information content (AvgIpc) is 3.01. The van der Waals surface area contributed by atoms with E-state index in [0.717, 1.165) is 23.4 Å². The molecule has 1 saturated carbocycles. The number of nitrogens with one attached hydrogen (secondary N) is 3. The molecule has 0 spiro atoms. The third kappa shape index (κ3) is 8.10. The zero-order chi connectivity index (χ0) is 32.2. The first-order valence-electron chi connectivity index (χ1n) is 14.5. The van der Waals surface area contributed by atoms with Crippen LogP contribution in [0.2, 0.25) is 0 Å². The molecule has 0 amide bonds. The first-order valence-corrected chi connectivity index (χ1v) is 16.0. The van der Waals surface area contributed by atoms with Gasteiger partial charge in [0.1, 0.15) is 11.6 Å². The second-order valence-corrected chi connectivity index (χ2v) is 13.2. The van der Waals surface area contributed by atoms with Crippen LogP contribution in [-0.2, 0) is 22.7 Å². The van der Waals surface area contributed by atoms with E-state index in [2.05, 4.69) is 25.9 Å². The molecule has 0 bridgehead atoms. The molecule has 0 atom stereocenters. The van der Waals surface area contributed by atoms with Crippen molar-refractivity contribution in [3.05, 3.63) is 95.7 Å². The number of benzene rings is 3. The largest absolute Gasteiger partial charge is 0.507 e. The van der Waals surface area contributed by atoms with Crippen LogP contribution in [0.3, 0.4) is 0 Å². The second-order valence-electron chi connectivity index (χ2n) is 11.2. The summed E-state index contributed by atoms with van der Waals surface area (Å²) in [5.74, 6) is 0.169. The van der Waals surface area contributed by atoms with E-state index in [1.165, 1.54) is 10.4 Å². The lowest BCUT2D eigenvalue weighted by atomic mass is 9.91. The van der Waals surface area contributed by atoms with E-state index < -0.39 is 27.5 Å². The summed E-state index contributed by atoms with van der Waals surface area (Å²) < 4.78 is 67.6. The number of anilines is 4. The predicted octanol–water partition coefficient (Wildman–Crippen LogP) is 6.72. The van der Waals surface area contributed by atoms with Crippen molar-refractivity contribution in [2.75, 3.05) is 17.7 Å². The number of rotatable bonds is 10. The Morgan fingerprint density at radius 1 is 0.911 bits per heavy atom. The van der Waals surface area contributed by atoms with Gasteiger partial charge in [0.15, 0.2) is 0 Å². The molecule has 1 fully saturated rings. The van der Waals surface area contributed by atoms with Crippen molar-refractivity contribution in [2.24, 2.45) is 0 Å². The summed E-state index contributed by atoms with van der Waals surface area (Å²) in [6.07, 6.45) is -0.432. The van der Waals surface area contributed by atoms with Crippen LogP contribution in [0.15, 0.2) is 83.9 Å². The molecule has 5 rings (SSSR count). The lowest BCUT2D eigenvalue weighted by Gasteiger charge is -2.34. The molecule has 13 heteroatoms. The van der Waals surface area contributed by atoms with Crippen LogP contribution >= 0.6 is 0 Å². The smallest absolute Gasteiger partial charge is 0.419 e. The first kappa shape index (κ1) is 32.2. The van der Waals surface area contributed by atoms with Gasteiger partial charge in [-0.15, -0.1) is 0 Å². The molecular formula is C32H35F3N6O3S. The van der Waals surface area contributed by atoms with Crippen LogP contribution in [0.4, 0.5) is 36.3 Å². The minimum Gasteiger partial charge on any atom is -0.507 e. The zero-order valence-electron chi connectivity index (χ0n) is 24.8. The number of aryl methyl sites for hydroxylation is 1. The maximum atomic E-state index is 13.4. The lowest BCUT2D eigenvalue weighted by Crippen LogP contribution is -2.43. The Morgan fingerprint density at radius 3 is 2.22 bits per heavy atom. The van der Waals surface area contributed by atoms with E-state index in [4.69, 9.17) is 0 Å². The van der Waals surface area contributed by atoms with Crippen LogP contribution in [0.25, 0.3) is 0 Å². The number of aromatic hydroxyl groups is 1. The Hall–Kier alpha value is -4.20. The van der Waals surface area contributed by atoms with E-state index in [1.807, 2.05) is 31.2 Å².